The number of rotatable bonds is 4. The number of hydrogen-bond acceptors (Lipinski definition) is 5. The lowest BCUT2D eigenvalue weighted by Crippen LogP contribution is -2.42. The summed E-state index contributed by atoms with van der Waals surface area (Å²) in [6, 6.07) is 15.9. The Bertz CT molecular complexity index is 1010. The van der Waals surface area contributed by atoms with E-state index in [0.29, 0.717) is 23.0 Å². The lowest BCUT2D eigenvalue weighted by Gasteiger charge is -2.38. The van der Waals surface area contributed by atoms with Gasteiger partial charge in [-0.05, 0) is 48.0 Å². The van der Waals surface area contributed by atoms with Crippen molar-refractivity contribution >= 4 is 29.1 Å². The molecule has 3 aromatic rings. The van der Waals surface area contributed by atoms with E-state index in [9.17, 15) is 4.79 Å². The quantitative estimate of drug-likeness (QED) is 0.553. The average molecular weight is 377 g/mol. The molecule has 0 fully saturated rings. The number of amidine groups is 1. The van der Waals surface area contributed by atoms with E-state index >= 15 is 0 Å². The van der Waals surface area contributed by atoms with E-state index in [2.05, 4.69) is 10.6 Å². The van der Waals surface area contributed by atoms with Crippen LogP contribution in [0.2, 0.25) is 0 Å². The summed E-state index contributed by atoms with van der Waals surface area (Å²) >= 11 is 0. The number of amides is 2. The number of nitrogens with two attached hydrogens (primary N) is 1. The Morgan fingerprint density at radius 3 is 2.54 bits per heavy atom. The number of furan rings is 1. The van der Waals surface area contributed by atoms with E-state index in [1.54, 1.807) is 31.6 Å². The van der Waals surface area contributed by atoms with Crippen LogP contribution in [0, 0.1) is 5.41 Å². The Hall–Kier alpha value is -3.94. The summed E-state index contributed by atoms with van der Waals surface area (Å²) in [4.78, 5) is 12.9. The summed E-state index contributed by atoms with van der Waals surface area (Å²) in [7, 11) is 1.62. The molecule has 142 valence electrons. The number of methoxy groups -OCH3 is 1. The van der Waals surface area contributed by atoms with Crippen molar-refractivity contribution < 1.29 is 13.9 Å². The SMILES string of the molecule is COc1ccc(C2Nc3occc3C(=N)N2c2ccc(NC(N)=O)cc2)cc1. The molecule has 0 aliphatic carbocycles. The Morgan fingerprint density at radius 1 is 1.18 bits per heavy atom. The molecule has 1 aliphatic heterocycles. The zero-order valence-electron chi connectivity index (χ0n) is 15.1. The Labute approximate surface area is 161 Å². The number of nitrogens with one attached hydrogen (secondary N) is 3. The van der Waals surface area contributed by atoms with Crippen molar-refractivity contribution in [2.75, 3.05) is 22.6 Å². The molecule has 0 radical (unpaired) electrons. The Balaban J connectivity index is 1.74. The van der Waals surface area contributed by atoms with Crippen molar-refractivity contribution in [3.05, 3.63) is 72.0 Å². The monoisotopic (exact) mass is 377 g/mol. The van der Waals surface area contributed by atoms with E-state index in [0.717, 1.165) is 17.0 Å². The molecule has 8 nitrogen and oxygen atoms in total. The first-order chi connectivity index (χ1) is 13.6. The second-order valence-electron chi connectivity index (χ2n) is 6.24. The summed E-state index contributed by atoms with van der Waals surface area (Å²) in [6.07, 6.45) is 1.20. The summed E-state index contributed by atoms with van der Waals surface area (Å²) in [5.41, 5.74) is 8.13. The predicted octanol–water partition coefficient (Wildman–Crippen LogP) is 3.74. The molecule has 0 saturated heterocycles. The summed E-state index contributed by atoms with van der Waals surface area (Å²) in [6.45, 7) is 0. The summed E-state index contributed by atoms with van der Waals surface area (Å²) in [5, 5.41) is 14.6. The highest BCUT2D eigenvalue weighted by molar-refractivity contribution is 6.13. The van der Waals surface area contributed by atoms with Crippen molar-refractivity contribution in [3.63, 3.8) is 0 Å². The zero-order valence-corrected chi connectivity index (χ0v) is 15.1. The first-order valence-electron chi connectivity index (χ1n) is 8.59. The van der Waals surface area contributed by atoms with E-state index in [1.807, 2.05) is 41.3 Å². The van der Waals surface area contributed by atoms with Gasteiger partial charge in [-0.1, -0.05) is 12.1 Å². The fourth-order valence-corrected chi connectivity index (χ4v) is 3.20. The number of carbonyl (C=O) groups is 1. The van der Waals surface area contributed by atoms with Crippen LogP contribution in [0.25, 0.3) is 0 Å². The average Bonchev–Trinajstić information content (AvgIpc) is 3.17. The number of carbonyl (C=O) groups excluding carboxylic acids is 1. The molecule has 1 atom stereocenters. The molecule has 1 unspecified atom stereocenters. The lowest BCUT2D eigenvalue weighted by atomic mass is 10.1. The molecule has 0 spiro atoms. The van der Waals surface area contributed by atoms with Crippen LogP contribution in [0.3, 0.4) is 0 Å². The zero-order chi connectivity index (χ0) is 19.7. The van der Waals surface area contributed by atoms with Crippen molar-refractivity contribution in [1.29, 1.82) is 5.41 Å². The maximum atomic E-state index is 11.0. The molecule has 2 aromatic carbocycles. The first-order valence-corrected chi connectivity index (χ1v) is 8.59. The maximum Gasteiger partial charge on any atom is 0.316 e. The number of primary amides is 1. The third-order valence-electron chi connectivity index (χ3n) is 4.53. The fourth-order valence-electron chi connectivity index (χ4n) is 3.20. The minimum atomic E-state index is -0.626. The van der Waals surface area contributed by atoms with Crippen LogP contribution < -0.4 is 26.0 Å². The highest BCUT2D eigenvalue weighted by Gasteiger charge is 2.33. The molecule has 8 heteroatoms. The number of hydrogen-bond donors (Lipinski definition) is 4. The van der Waals surface area contributed by atoms with Gasteiger partial charge in [-0.3, -0.25) is 5.41 Å². The molecule has 2 amide bonds. The summed E-state index contributed by atoms with van der Waals surface area (Å²) < 4.78 is 10.7. The van der Waals surface area contributed by atoms with Gasteiger partial charge in [-0.25, -0.2) is 4.79 Å². The van der Waals surface area contributed by atoms with Crippen molar-refractivity contribution in [2.24, 2.45) is 5.73 Å². The van der Waals surface area contributed by atoms with E-state index in [1.165, 1.54) is 0 Å². The smallest absolute Gasteiger partial charge is 0.316 e. The number of nitrogens with zero attached hydrogens (tertiary/aromatic N) is 1. The predicted molar refractivity (Wildman–Crippen MR) is 107 cm³/mol. The fraction of sp³-hybridized carbons (Fsp3) is 0.100. The molecule has 4 rings (SSSR count). The molecule has 0 bridgehead atoms. The van der Waals surface area contributed by atoms with Crippen LogP contribution in [0.5, 0.6) is 5.75 Å². The molecule has 1 aromatic heterocycles. The van der Waals surface area contributed by atoms with Crippen molar-refractivity contribution in [1.82, 2.24) is 0 Å². The molecular weight excluding hydrogens is 358 g/mol. The molecule has 2 heterocycles. The van der Waals surface area contributed by atoms with Gasteiger partial charge in [0.1, 0.15) is 17.8 Å². The van der Waals surface area contributed by atoms with Crippen LogP contribution in [0.1, 0.15) is 17.3 Å². The van der Waals surface area contributed by atoms with Gasteiger partial charge in [0.15, 0.2) is 0 Å². The topological polar surface area (TPSA) is 117 Å². The van der Waals surface area contributed by atoms with Gasteiger partial charge >= 0.3 is 6.03 Å². The highest BCUT2D eigenvalue weighted by atomic mass is 16.5. The largest absolute Gasteiger partial charge is 0.497 e. The minimum Gasteiger partial charge on any atom is -0.497 e. The van der Waals surface area contributed by atoms with Crippen LogP contribution >= 0.6 is 0 Å². The first kappa shape index (κ1) is 17.5. The standard InChI is InChI=1S/C20H19N5O3/c1-27-15-8-2-12(3-9-15)18-24-19-16(10-11-28-19)17(21)25(18)14-6-4-13(5-7-14)23-20(22)26/h2-11,18,21,24H,1H3,(H3,22,23,26). The molecule has 28 heavy (non-hydrogen) atoms. The highest BCUT2D eigenvalue weighted by Crippen LogP contribution is 2.37. The second-order valence-corrected chi connectivity index (χ2v) is 6.24. The third-order valence-corrected chi connectivity index (χ3v) is 4.53. The number of fused-ring (bicyclic) bond motifs is 1. The normalized spacial score (nSPS) is 15.5. The third kappa shape index (κ3) is 3.11. The van der Waals surface area contributed by atoms with Gasteiger partial charge in [0.2, 0.25) is 5.88 Å². The Kier molecular flexibility index (Phi) is 4.36. The van der Waals surface area contributed by atoms with Crippen LogP contribution in [0.15, 0.2) is 65.3 Å². The molecule has 1 aliphatic rings. The van der Waals surface area contributed by atoms with Gasteiger partial charge in [0.25, 0.3) is 0 Å². The van der Waals surface area contributed by atoms with Crippen molar-refractivity contribution in [3.8, 4) is 5.75 Å². The molecular formula is C20H19N5O3. The van der Waals surface area contributed by atoms with Gasteiger partial charge < -0.3 is 30.4 Å². The van der Waals surface area contributed by atoms with E-state index in [-0.39, 0.29) is 6.17 Å². The minimum absolute atomic E-state index is 0.305. The van der Waals surface area contributed by atoms with Gasteiger partial charge in [0, 0.05) is 11.4 Å². The maximum absolute atomic E-state index is 11.0. The van der Waals surface area contributed by atoms with Crippen molar-refractivity contribution in [2.45, 2.75) is 6.17 Å². The van der Waals surface area contributed by atoms with E-state index in [4.69, 9.17) is 20.3 Å². The number of anilines is 3. The molecule has 0 saturated carbocycles. The number of benzene rings is 2. The Morgan fingerprint density at radius 2 is 1.89 bits per heavy atom. The second kappa shape index (κ2) is 6.99. The van der Waals surface area contributed by atoms with Crippen LogP contribution in [0.4, 0.5) is 22.1 Å². The van der Waals surface area contributed by atoms with Gasteiger partial charge in [-0.15, -0.1) is 0 Å². The number of urea groups is 1. The summed E-state index contributed by atoms with van der Waals surface area (Å²) in [5.74, 6) is 1.61. The number of ether oxygens (including phenoxy) is 1. The molecule has 5 N–H and O–H groups in total. The van der Waals surface area contributed by atoms with Gasteiger partial charge in [0.05, 0.1) is 18.9 Å². The lowest BCUT2D eigenvalue weighted by molar-refractivity contribution is 0.259. The van der Waals surface area contributed by atoms with E-state index < -0.39 is 6.03 Å². The van der Waals surface area contributed by atoms with Gasteiger partial charge in [-0.2, -0.15) is 0 Å². The van der Waals surface area contributed by atoms with Crippen LogP contribution in [-0.4, -0.2) is 19.0 Å². The van der Waals surface area contributed by atoms with Crippen LogP contribution in [-0.2, 0) is 0 Å².